The monoisotopic (exact) mass is 386 g/mol. The Kier molecular flexibility index (Phi) is 4.81. The molecule has 0 radical (unpaired) electrons. The van der Waals surface area contributed by atoms with E-state index in [1.54, 1.807) is 36.1 Å². The van der Waals surface area contributed by atoms with Crippen molar-refractivity contribution in [3.63, 3.8) is 0 Å². The van der Waals surface area contributed by atoms with Crippen LogP contribution in [0.4, 0.5) is 4.39 Å². The SMILES string of the molecule is CCc1ncnc(O[C@H]2CCN(C(=O)Cn3c(=O)oc4ccccc43)C2)c1F. The number of fused-ring (bicyclic) bond motifs is 1. The van der Waals surface area contributed by atoms with Crippen molar-refractivity contribution >= 4 is 17.0 Å². The Labute approximate surface area is 159 Å². The van der Waals surface area contributed by atoms with Crippen LogP contribution in [0, 0.1) is 5.82 Å². The summed E-state index contributed by atoms with van der Waals surface area (Å²) in [4.78, 5) is 34.0. The molecule has 9 heteroatoms. The van der Waals surface area contributed by atoms with Crippen molar-refractivity contribution in [1.82, 2.24) is 19.4 Å². The van der Waals surface area contributed by atoms with Gasteiger partial charge in [-0.1, -0.05) is 19.1 Å². The highest BCUT2D eigenvalue weighted by Crippen LogP contribution is 2.21. The van der Waals surface area contributed by atoms with Crippen LogP contribution in [0.2, 0.25) is 0 Å². The summed E-state index contributed by atoms with van der Waals surface area (Å²) < 4.78 is 26.4. The normalized spacial score (nSPS) is 16.6. The largest absolute Gasteiger partial charge is 0.470 e. The van der Waals surface area contributed by atoms with Crippen LogP contribution < -0.4 is 10.5 Å². The maximum Gasteiger partial charge on any atom is 0.420 e. The average Bonchev–Trinajstić information content (AvgIpc) is 3.28. The summed E-state index contributed by atoms with van der Waals surface area (Å²) in [7, 11) is 0. The number of likely N-dealkylation sites (tertiary alicyclic amines) is 1. The number of benzene rings is 1. The van der Waals surface area contributed by atoms with Gasteiger partial charge in [-0.2, -0.15) is 9.37 Å². The Morgan fingerprint density at radius 2 is 2.18 bits per heavy atom. The molecule has 1 fully saturated rings. The second-order valence-corrected chi connectivity index (χ2v) is 6.58. The Morgan fingerprint density at radius 3 is 3.00 bits per heavy atom. The molecule has 0 unspecified atom stereocenters. The van der Waals surface area contributed by atoms with Crippen LogP contribution in [0.15, 0.2) is 39.8 Å². The highest BCUT2D eigenvalue weighted by molar-refractivity contribution is 5.79. The maximum atomic E-state index is 14.2. The van der Waals surface area contributed by atoms with E-state index in [2.05, 4.69) is 9.97 Å². The molecule has 1 aliphatic heterocycles. The third-order valence-corrected chi connectivity index (χ3v) is 4.81. The van der Waals surface area contributed by atoms with Gasteiger partial charge in [-0.05, 0) is 18.6 Å². The number of amides is 1. The maximum absolute atomic E-state index is 14.2. The van der Waals surface area contributed by atoms with Crippen molar-refractivity contribution in [2.24, 2.45) is 0 Å². The number of oxazole rings is 1. The molecular formula is C19H19FN4O4. The third kappa shape index (κ3) is 3.35. The smallest absolute Gasteiger partial charge is 0.420 e. The van der Waals surface area contributed by atoms with E-state index < -0.39 is 11.6 Å². The molecule has 8 nitrogen and oxygen atoms in total. The first-order valence-electron chi connectivity index (χ1n) is 9.09. The van der Waals surface area contributed by atoms with Gasteiger partial charge in [-0.3, -0.25) is 9.36 Å². The van der Waals surface area contributed by atoms with E-state index in [-0.39, 0.29) is 24.4 Å². The van der Waals surface area contributed by atoms with Crippen molar-refractivity contribution in [3.8, 4) is 5.88 Å². The lowest BCUT2D eigenvalue weighted by atomic mass is 10.3. The van der Waals surface area contributed by atoms with Crippen LogP contribution in [0.5, 0.6) is 5.88 Å². The standard InChI is InChI=1S/C19H19FN4O4/c1-2-13-17(20)18(22-11-21-13)27-12-7-8-23(9-12)16(25)10-24-14-5-3-4-6-15(14)28-19(24)26/h3-6,11-12H,2,7-10H2,1H3/t12-/m0/s1. The van der Waals surface area contributed by atoms with E-state index >= 15 is 0 Å². The molecule has 1 amide bonds. The Balaban J connectivity index is 1.43. The second-order valence-electron chi connectivity index (χ2n) is 6.58. The first kappa shape index (κ1) is 18.1. The number of aromatic nitrogens is 3. The molecule has 146 valence electrons. The molecule has 0 N–H and O–H groups in total. The fraction of sp³-hybridized carbons (Fsp3) is 0.368. The molecule has 1 atom stereocenters. The lowest BCUT2D eigenvalue weighted by Gasteiger charge is -2.17. The second kappa shape index (κ2) is 7.41. The molecule has 3 heterocycles. The molecular weight excluding hydrogens is 367 g/mol. The van der Waals surface area contributed by atoms with Crippen molar-refractivity contribution in [3.05, 3.63) is 52.7 Å². The highest BCUT2D eigenvalue weighted by Gasteiger charge is 2.29. The van der Waals surface area contributed by atoms with E-state index in [0.29, 0.717) is 42.7 Å². The summed E-state index contributed by atoms with van der Waals surface area (Å²) >= 11 is 0. The van der Waals surface area contributed by atoms with Gasteiger partial charge in [-0.25, -0.2) is 9.78 Å². The predicted molar refractivity (Wildman–Crippen MR) is 97.5 cm³/mol. The number of ether oxygens (including phenoxy) is 1. The molecule has 1 aromatic carbocycles. The number of para-hydroxylation sites is 2. The van der Waals surface area contributed by atoms with Crippen LogP contribution in [0.25, 0.3) is 11.1 Å². The molecule has 0 saturated carbocycles. The molecule has 2 aromatic heterocycles. The van der Waals surface area contributed by atoms with Gasteiger partial charge in [-0.15, -0.1) is 0 Å². The van der Waals surface area contributed by atoms with Crippen molar-refractivity contribution in [2.45, 2.75) is 32.4 Å². The molecule has 3 aromatic rings. The summed E-state index contributed by atoms with van der Waals surface area (Å²) in [5.41, 5.74) is 1.30. The molecule has 0 aliphatic carbocycles. The number of carbonyl (C=O) groups is 1. The van der Waals surface area contributed by atoms with E-state index in [9.17, 15) is 14.0 Å². The van der Waals surface area contributed by atoms with Gasteiger partial charge in [0.05, 0.1) is 17.8 Å². The summed E-state index contributed by atoms with van der Waals surface area (Å²) in [5.74, 6) is -1.46. The minimum absolute atomic E-state index is 0.0943. The third-order valence-electron chi connectivity index (χ3n) is 4.81. The van der Waals surface area contributed by atoms with Crippen LogP contribution in [0.3, 0.4) is 0 Å². The van der Waals surface area contributed by atoms with E-state index in [1.807, 2.05) is 0 Å². The zero-order valence-electron chi connectivity index (χ0n) is 15.3. The van der Waals surface area contributed by atoms with Crippen LogP contribution >= 0.6 is 0 Å². The molecule has 0 spiro atoms. The lowest BCUT2D eigenvalue weighted by Crippen LogP contribution is -2.35. The van der Waals surface area contributed by atoms with Crippen LogP contribution in [0.1, 0.15) is 19.0 Å². The minimum Gasteiger partial charge on any atom is -0.470 e. The summed E-state index contributed by atoms with van der Waals surface area (Å²) in [6.45, 7) is 2.44. The van der Waals surface area contributed by atoms with Crippen molar-refractivity contribution < 1.29 is 18.3 Å². The number of rotatable bonds is 5. The first-order chi connectivity index (χ1) is 13.6. The zero-order valence-corrected chi connectivity index (χ0v) is 15.3. The number of hydrogen-bond acceptors (Lipinski definition) is 6. The Bertz CT molecular complexity index is 1080. The van der Waals surface area contributed by atoms with Gasteiger partial charge in [0, 0.05) is 13.0 Å². The van der Waals surface area contributed by atoms with Crippen molar-refractivity contribution in [2.75, 3.05) is 13.1 Å². The topological polar surface area (TPSA) is 90.5 Å². The van der Waals surface area contributed by atoms with Gasteiger partial charge >= 0.3 is 5.76 Å². The number of aryl methyl sites for hydroxylation is 1. The van der Waals surface area contributed by atoms with Crippen molar-refractivity contribution in [1.29, 1.82) is 0 Å². The number of hydrogen-bond donors (Lipinski definition) is 0. The lowest BCUT2D eigenvalue weighted by molar-refractivity contribution is -0.131. The van der Waals surface area contributed by atoms with Gasteiger partial charge in [0.25, 0.3) is 5.88 Å². The summed E-state index contributed by atoms with van der Waals surface area (Å²) in [6, 6.07) is 6.94. The zero-order chi connectivity index (χ0) is 19.7. The Hall–Kier alpha value is -3.23. The minimum atomic E-state index is -0.573. The van der Waals surface area contributed by atoms with E-state index in [0.717, 1.165) is 0 Å². The number of halogens is 1. The van der Waals surface area contributed by atoms with Crippen LogP contribution in [-0.4, -0.2) is 44.5 Å². The van der Waals surface area contributed by atoms with Gasteiger partial charge in [0.1, 0.15) is 19.0 Å². The van der Waals surface area contributed by atoms with E-state index in [4.69, 9.17) is 9.15 Å². The average molecular weight is 386 g/mol. The van der Waals surface area contributed by atoms with Crippen LogP contribution in [-0.2, 0) is 17.8 Å². The van der Waals surface area contributed by atoms with Gasteiger partial charge in [0.2, 0.25) is 11.7 Å². The van der Waals surface area contributed by atoms with Gasteiger partial charge < -0.3 is 14.1 Å². The fourth-order valence-corrected chi connectivity index (χ4v) is 3.32. The quantitative estimate of drug-likeness (QED) is 0.664. The number of nitrogens with zero attached hydrogens (tertiary/aromatic N) is 4. The van der Waals surface area contributed by atoms with Gasteiger partial charge in [0.15, 0.2) is 5.58 Å². The summed E-state index contributed by atoms with van der Waals surface area (Å²) in [6.07, 6.45) is 1.90. The number of carbonyl (C=O) groups excluding carboxylic acids is 1. The predicted octanol–water partition coefficient (Wildman–Crippen LogP) is 1.77. The summed E-state index contributed by atoms with van der Waals surface area (Å²) in [5, 5.41) is 0. The fourth-order valence-electron chi connectivity index (χ4n) is 3.32. The molecule has 28 heavy (non-hydrogen) atoms. The molecule has 0 bridgehead atoms. The Morgan fingerprint density at radius 1 is 1.36 bits per heavy atom. The van der Waals surface area contributed by atoms with E-state index in [1.165, 1.54) is 10.9 Å². The molecule has 4 rings (SSSR count). The molecule has 1 saturated heterocycles. The first-order valence-corrected chi connectivity index (χ1v) is 9.09. The highest BCUT2D eigenvalue weighted by atomic mass is 19.1. The molecule has 1 aliphatic rings.